The molecule has 1 fully saturated rings. The van der Waals surface area contributed by atoms with Crippen LogP contribution < -0.4 is 5.73 Å². The van der Waals surface area contributed by atoms with E-state index in [0.29, 0.717) is 0 Å². The minimum absolute atomic E-state index is 0.0816. The molecule has 0 aromatic carbocycles. The predicted octanol–water partition coefficient (Wildman–Crippen LogP) is 0.135. The van der Waals surface area contributed by atoms with Gasteiger partial charge in [0, 0.05) is 6.54 Å². The first kappa shape index (κ1) is 12.5. The van der Waals surface area contributed by atoms with Crippen LogP contribution in [0.25, 0.3) is 0 Å². The number of rotatable bonds is 5. The molecular weight excluding hydrogens is 190 g/mol. The quantitative estimate of drug-likeness (QED) is 0.706. The van der Waals surface area contributed by atoms with Crippen LogP contribution in [0.3, 0.4) is 0 Å². The van der Waals surface area contributed by atoms with Crippen LogP contribution in [-0.2, 0) is 4.79 Å². The normalized spacial score (nSPS) is 23.3. The number of piperidine rings is 1. The lowest BCUT2D eigenvalue weighted by Gasteiger charge is -2.31. The first-order valence-electron chi connectivity index (χ1n) is 5.76. The van der Waals surface area contributed by atoms with Crippen LogP contribution in [-0.4, -0.2) is 56.0 Å². The summed E-state index contributed by atoms with van der Waals surface area (Å²) in [5, 5.41) is 0. The number of hydrogen-bond acceptors (Lipinski definition) is 3. The maximum Gasteiger partial charge on any atom is 0.221 e. The van der Waals surface area contributed by atoms with E-state index in [9.17, 15) is 4.79 Å². The molecule has 1 aliphatic heterocycles. The molecule has 0 saturated carbocycles. The van der Waals surface area contributed by atoms with Crippen LogP contribution in [0.2, 0.25) is 0 Å². The topological polar surface area (TPSA) is 49.6 Å². The van der Waals surface area contributed by atoms with Crippen molar-refractivity contribution in [1.29, 1.82) is 0 Å². The van der Waals surface area contributed by atoms with E-state index in [0.717, 1.165) is 39.0 Å². The van der Waals surface area contributed by atoms with Gasteiger partial charge in [-0.05, 0) is 53.0 Å². The summed E-state index contributed by atoms with van der Waals surface area (Å²) in [6.45, 7) is 4.18. The van der Waals surface area contributed by atoms with Gasteiger partial charge in [-0.1, -0.05) is 0 Å². The van der Waals surface area contributed by atoms with Gasteiger partial charge in [0.05, 0.1) is 5.92 Å². The van der Waals surface area contributed by atoms with Gasteiger partial charge >= 0.3 is 0 Å². The van der Waals surface area contributed by atoms with Crippen molar-refractivity contribution in [1.82, 2.24) is 9.80 Å². The molecule has 1 saturated heterocycles. The van der Waals surface area contributed by atoms with E-state index in [-0.39, 0.29) is 11.8 Å². The Morgan fingerprint density at radius 3 is 2.87 bits per heavy atom. The molecule has 0 aromatic rings. The number of nitrogens with two attached hydrogens (primary N) is 1. The van der Waals surface area contributed by atoms with Crippen LogP contribution in [0.5, 0.6) is 0 Å². The summed E-state index contributed by atoms with van der Waals surface area (Å²) >= 11 is 0. The minimum atomic E-state index is -0.132. The Labute approximate surface area is 92.4 Å². The van der Waals surface area contributed by atoms with Crippen LogP contribution in [0, 0.1) is 5.92 Å². The fourth-order valence-corrected chi connectivity index (χ4v) is 2.10. The van der Waals surface area contributed by atoms with Gasteiger partial charge < -0.3 is 15.5 Å². The van der Waals surface area contributed by atoms with Crippen LogP contribution >= 0.6 is 0 Å². The number of primary amides is 1. The highest BCUT2D eigenvalue weighted by Gasteiger charge is 2.23. The number of amides is 1. The molecule has 15 heavy (non-hydrogen) atoms. The minimum Gasteiger partial charge on any atom is -0.369 e. The highest BCUT2D eigenvalue weighted by molar-refractivity contribution is 5.76. The zero-order valence-corrected chi connectivity index (χ0v) is 9.91. The Balaban J connectivity index is 2.21. The molecule has 1 rings (SSSR count). The van der Waals surface area contributed by atoms with Gasteiger partial charge in [-0.25, -0.2) is 0 Å². The van der Waals surface area contributed by atoms with E-state index in [2.05, 4.69) is 23.9 Å². The molecule has 2 N–H and O–H groups in total. The molecule has 4 heteroatoms. The zero-order valence-electron chi connectivity index (χ0n) is 9.91. The molecule has 0 radical (unpaired) electrons. The standard InChI is InChI=1S/C11H23N3O/c1-13(2)6-4-8-14-7-3-5-10(9-14)11(12)15/h10H,3-9H2,1-2H3,(H2,12,15). The number of nitrogens with zero attached hydrogens (tertiary/aromatic N) is 2. The highest BCUT2D eigenvalue weighted by Crippen LogP contribution is 2.15. The number of hydrogen-bond donors (Lipinski definition) is 1. The molecule has 0 bridgehead atoms. The van der Waals surface area contributed by atoms with E-state index in [1.165, 1.54) is 6.42 Å². The Morgan fingerprint density at radius 2 is 2.27 bits per heavy atom. The lowest BCUT2D eigenvalue weighted by atomic mass is 9.97. The maximum absolute atomic E-state index is 11.1. The second-order valence-electron chi connectivity index (χ2n) is 4.70. The van der Waals surface area contributed by atoms with Crippen molar-refractivity contribution in [3.8, 4) is 0 Å². The fraction of sp³-hybridized carbons (Fsp3) is 0.909. The third-order valence-electron chi connectivity index (χ3n) is 2.99. The maximum atomic E-state index is 11.1. The first-order valence-corrected chi connectivity index (χ1v) is 5.76. The van der Waals surface area contributed by atoms with Crippen molar-refractivity contribution in [3.63, 3.8) is 0 Å². The Hall–Kier alpha value is -0.610. The fourth-order valence-electron chi connectivity index (χ4n) is 2.10. The smallest absolute Gasteiger partial charge is 0.221 e. The lowest BCUT2D eigenvalue weighted by Crippen LogP contribution is -2.41. The Bertz CT molecular complexity index is 206. The van der Waals surface area contributed by atoms with Crippen LogP contribution in [0.1, 0.15) is 19.3 Å². The molecule has 88 valence electrons. The second-order valence-corrected chi connectivity index (χ2v) is 4.70. The van der Waals surface area contributed by atoms with Crippen LogP contribution in [0.4, 0.5) is 0 Å². The third kappa shape index (κ3) is 4.62. The van der Waals surface area contributed by atoms with Gasteiger partial charge in [0.2, 0.25) is 5.91 Å². The summed E-state index contributed by atoms with van der Waals surface area (Å²) in [5.74, 6) is -0.0505. The molecule has 1 unspecified atom stereocenters. The molecule has 1 amide bonds. The van der Waals surface area contributed by atoms with Gasteiger partial charge in [0.15, 0.2) is 0 Å². The lowest BCUT2D eigenvalue weighted by molar-refractivity contribution is -0.123. The van der Waals surface area contributed by atoms with Crippen LogP contribution in [0.15, 0.2) is 0 Å². The van der Waals surface area contributed by atoms with Gasteiger partial charge in [-0.15, -0.1) is 0 Å². The van der Waals surface area contributed by atoms with E-state index in [4.69, 9.17) is 5.73 Å². The highest BCUT2D eigenvalue weighted by atomic mass is 16.1. The Kier molecular flexibility index (Phi) is 5.05. The van der Waals surface area contributed by atoms with Gasteiger partial charge in [-0.2, -0.15) is 0 Å². The van der Waals surface area contributed by atoms with Crippen molar-refractivity contribution in [2.75, 3.05) is 40.3 Å². The van der Waals surface area contributed by atoms with Crippen molar-refractivity contribution in [2.45, 2.75) is 19.3 Å². The first-order chi connectivity index (χ1) is 7.09. The monoisotopic (exact) mass is 213 g/mol. The van der Waals surface area contributed by atoms with Crippen molar-refractivity contribution in [3.05, 3.63) is 0 Å². The predicted molar refractivity (Wildman–Crippen MR) is 61.5 cm³/mol. The third-order valence-corrected chi connectivity index (χ3v) is 2.99. The number of carbonyl (C=O) groups is 1. The molecule has 1 atom stereocenters. The molecular formula is C11H23N3O. The van der Waals surface area contributed by atoms with E-state index in [1.54, 1.807) is 0 Å². The van der Waals surface area contributed by atoms with E-state index >= 15 is 0 Å². The average molecular weight is 213 g/mol. The number of likely N-dealkylation sites (tertiary alicyclic amines) is 1. The molecule has 0 aromatic heterocycles. The SMILES string of the molecule is CN(C)CCCN1CCCC(C(N)=O)C1. The van der Waals surface area contributed by atoms with E-state index in [1.807, 2.05) is 0 Å². The summed E-state index contributed by atoms with van der Waals surface area (Å²) in [7, 11) is 4.17. The van der Waals surface area contributed by atoms with Gasteiger partial charge in [0.1, 0.15) is 0 Å². The molecule has 1 aliphatic rings. The number of carbonyl (C=O) groups excluding carboxylic acids is 1. The Morgan fingerprint density at radius 1 is 1.53 bits per heavy atom. The van der Waals surface area contributed by atoms with E-state index < -0.39 is 0 Å². The van der Waals surface area contributed by atoms with Gasteiger partial charge in [0.25, 0.3) is 0 Å². The van der Waals surface area contributed by atoms with Crippen molar-refractivity contribution < 1.29 is 4.79 Å². The molecule has 1 heterocycles. The largest absolute Gasteiger partial charge is 0.369 e. The molecule has 0 aliphatic carbocycles. The summed E-state index contributed by atoms with van der Waals surface area (Å²) in [6.07, 6.45) is 3.24. The van der Waals surface area contributed by atoms with Crippen molar-refractivity contribution in [2.24, 2.45) is 11.7 Å². The molecule has 4 nitrogen and oxygen atoms in total. The van der Waals surface area contributed by atoms with Crippen molar-refractivity contribution >= 4 is 5.91 Å². The zero-order chi connectivity index (χ0) is 11.3. The average Bonchev–Trinajstić information content (AvgIpc) is 2.17. The summed E-state index contributed by atoms with van der Waals surface area (Å²) in [5.41, 5.74) is 5.33. The van der Waals surface area contributed by atoms with Gasteiger partial charge in [-0.3, -0.25) is 4.79 Å². The molecule has 0 spiro atoms. The summed E-state index contributed by atoms with van der Waals surface area (Å²) in [4.78, 5) is 15.6. The summed E-state index contributed by atoms with van der Waals surface area (Å²) < 4.78 is 0. The second kappa shape index (κ2) is 6.08. The summed E-state index contributed by atoms with van der Waals surface area (Å²) in [6, 6.07) is 0.